The minimum absolute atomic E-state index is 0.137. The molecule has 0 radical (unpaired) electrons. The van der Waals surface area contributed by atoms with Gasteiger partial charge < -0.3 is 5.73 Å². The summed E-state index contributed by atoms with van der Waals surface area (Å²) in [5.41, 5.74) is 6.30. The van der Waals surface area contributed by atoms with Crippen molar-refractivity contribution in [1.29, 1.82) is 0 Å². The maximum Gasteiger partial charge on any atom is 0.128 e. The van der Waals surface area contributed by atoms with Gasteiger partial charge in [0.2, 0.25) is 0 Å². The second-order valence-electron chi connectivity index (χ2n) is 4.37. The van der Waals surface area contributed by atoms with Crippen LogP contribution in [0.2, 0.25) is 0 Å². The van der Waals surface area contributed by atoms with Gasteiger partial charge >= 0.3 is 0 Å². The molecule has 1 unspecified atom stereocenters. The maximum absolute atomic E-state index is 13.7. The normalized spacial score (nSPS) is 12.7. The Morgan fingerprint density at radius 2 is 2.22 bits per heavy atom. The van der Waals surface area contributed by atoms with Crippen LogP contribution in [0.4, 0.5) is 4.39 Å². The van der Waals surface area contributed by atoms with E-state index in [9.17, 15) is 4.39 Å². The molecule has 1 atom stereocenters. The van der Waals surface area contributed by atoms with Crippen LogP contribution in [0.15, 0.2) is 22.7 Å². The lowest BCUT2D eigenvalue weighted by Gasteiger charge is -2.24. The molecule has 2 N–H and O–H groups in total. The number of thiocarbonyl (C=S) groups is 1. The highest BCUT2D eigenvalue weighted by molar-refractivity contribution is 9.10. The Bertz CT molecular complexity index is 425. The maximum atomic E-state index is 13.7. The highest BCUT2D eigenvalue weighted by Gasteiger charge is 2.13. The summed E-state index contributed by atoms with van der Waals surface area (Å²) in [6.45, 7) is 6.19. The van der Waals surface area contributed by atoms with Crippen LogP contribution in [0.1, 0.15) is 19.4 Å². The molecular formula is C13H18BrFN2S. The Labute approximate surface area is 121 Å². The second kappa shape index (κ2) is 7.16. The van der Waals surface area contributed by atoms with Crippen LogP contribution in [-0.4, -0.2) is 23.0 Å². The third kappa shape index (κ3) is 4.63. The minimum atomic E-state index is -0.189. The van der Waals surface area contributed by atoms with E-state index in [4.69, 9.17) is 18.0 Å². The molecule has 100 valence electrons. The van der Waals surface area contributed by atoms with Crippen molar-refractivity contribution in [3.05, 3.63) is 34.1 Å². The molecule has 0 heterocycles. The van der Waals surface area contributed by atoms with Crippen LogP contribution in [0, 0.1) is 11.7 Å². The number of nitrogens with zero attached hydrogens (tertiary/aromatic N) is 1. The lowest BCUT2D eigenvalue weighted by Crippen LogP contribution is -2.33. The lowest BCUT2D eigenvalue weighted by molar-refractivity contribution is 0.260. The molecule has 0 saturated carbocycles. The van der Waals surface area contributed by atoms with E-state index < -0.39 is 0 Å². The summed E-state index contributed by atoms with van der Waals surface area (Å²) in [5.74, 6) is -0.0516. The van der Waals surface area contributed by atoms with Crippen molar-refractivity contribution in [2.24, 2.45) is 11.7 Å². The number of nitrogens with two attached hydrogens (primary N) is 1. The topological polar surface area (TPSA) is 29.3 Å². The molecule has 2 nitrogen and oxygen atoms in total. The Morgan fingerprint density at radius 1 is 1.56 bits per heavy atom. The van der Waals surface area contributed by atoms with Gasteiger partial charge in [-0.05, 0) is 18.7 Å². The largest absolute Gasteiger partial charge is 0.393 e. The molecule has 0 aliphatic carbocycles. The van der Waals surface area contributed by atoms with E-state index in [0.29, 0.717) is 17.1 Å². The molecule has 0 fully saturated rings. The minimum Gasteiger partial charge on any atom is -0.393 e. The van der Waals surface area contributed by atoms with Gasteiger partial charge in [0.15, 0.2) is 0 Å². The van der Waals surface area contributed by atoms with Crippen LogP contribution in [0.3, 0.4) is 0 Å². The number of hydrogen-bond donors (Lipinski definition) is 1. The number of benzene rings is 1. The average molecular weight is 333 g/mol. The summed E-state index contributed by atoms with van der Waals surface area (Å²) in [6.07, 6.45) is 0. The van der Waals surface area contributed by atoms with Crippen LogP contribution in [0.25, 0.3) is 0 Å². The molecule has 18 heavy (non-hydrogen) atoms. The van der Waals surface area contributed by atoms with Gasteiger partial charge in [0.1, 0.15) is 5.82 Å². The summed E-state index contributed by atoms with van der Waals surface area (Å²) >= 11 is 8.21. The number of halogens is 2. The highest BCUT2D eigenvalue weighted by atomic mass is 79.9. The Morgan fingerprint density at radius 3 is 2.72 bits per heavy atom. The van der Waals surface area contributed by atoms with E-state index in [1.54, 1.807) is 6.07 Å². The van der Waals surface area contributed by atoms with E-state index in [-0.39, 0.29) is 11.7 Å². The van der Waals surface area contributed by atoms with Gasteiger partial charge in [-0.1, -0.05) is 48.1 Å². The van der Waals surface area contributed by atoms with Gasteiger partial charge in [0.25, 0.3) is 0 Å². The molecule has 0 aromatic heterocycles. The molecule has 0 spiro atoms. The summed E-state index contributed by atoms with van der Waals surface area (Å²) in [6, 6.07) is 5.14. The van der Waals surface area contributed by atoms with Gasteiger partial charge in [-0.2, -0.15) is 0 Å². The SMILES string of the molecule is CCN(Cc1ccc(Br)cc1F)CC(C)C(N)=S. The Kier molecular flexibility index (Phi) is 6.18. The summed E-state index contributed by atoms with van der Waals surface area (Å²) in [4.78, 5) is 2.64. The molecule has 0 saturated heterocycles. The fourth-order valence-electron chi connectivity index (χ4n) is 1.67. The third-order valence-electron chi connectivity index (χ3n) is 2.87. The quantitative estimate of drug-likeness (QED) is 0.810. The fraction of sp³-hybridized carbons (Fsp3) is 0.462. The van der Waals surface area contributed by atoms with Crippen LogP contribution in [0.5, 0.6) is 0 Å². The highest BCUT2D eigenvalue weighted by Crippen LogP contribution is 2.17. The van der Waals surface area contributed by atoms with Crippen LogP contribution in [-0.2, 0) is 6.54 Å². The molecule has 0 amide bonds. The standard InChI is InChI=1S/C13H18BrFN2S/c1-3-17(7-9(2)13(16)18)8-10-4-5-11(14)6-12(10)15/h4-6,9H,3,7-8H2,1-2H3,(H2,16,18). The summed E-state index contributed by atoms with van der Waals surface area (Å²) in [5, 5.41) is 0. The first-order valence-electron chi connectivity index (χ1n) is 5.89. The zero-order valence-electron chi connectivity index (χ0n) is 10.6. The van der Waals surface area contributed by atoms with Crippen molar-refractivity contribution in [2.45, 2.75) is 20.4 Å². The third-order valence-corrected chi connectivity index (χ3v) is 3.77. The molecule has 1 rings (SSSR count). The molecule has 1 aromatic rings. The molecule has 1 aromatic carbocycles. The van der Waals surface area contributed by atoms with Gasteiger partial charge in [-0.15, -0.1) is 0 Å². The number of rotatable bonds is 6. The Balaban J connectivity index is 2.70. The first kappa shape index (κ1) is 15.5. The van der Waals surface area contributed by atoms with Crippen molar-refractivity contribution in [3.63, 3.8) is 0 Å². The van der Waals surface area contributed by atoms with E-state index in [2.05, 4.69) is 20.8 Å². The molecular weight excluding hydrogens is 315 g/mol. The van der Waals surface area contributed by atoms with E-state index in [1.165, 1.54) is 6.07 Å². The number of hydrogen-bond acceptors (Lipinski definition) is 2. The van der Waals surface area contributed by atoms with Gasteiger partial charge in [0.05, 0.1) is 4.99 Å². The van der Waals surface area contributed by atoms with E-state index >= 15 is 0 Å². The van der Waals surface area contributed by atoms with Gasteiger partial charge in [-0.3, -0.25) is 4.90 Å². The molecule has 0 aliphatic rings. The van der Waals surface area contributed by atoms with Crippen molar-refractivity contribution in [2.75, 3.05) is 13.1 Å². The molecule has 5 heteroatoms. The predicted molar refractivity (Wildman–Crippen MR) is 81.0 cm³/mol. The smallest absolute Gasteiger partial charge is 0.128 e. The zero-order chi connectivity index (χ0) is 13.7. The van der Waals surface area contributed by atoms with Crippen LogP contribution >= 0.6 is 28.1 Å². The first-order chi connectivity index (χ1) is 8.43. The average Bonchev–Trinajstić information content (AvgIpc) is 2.31. The predicted octanol–water partition coefficient (Wildman–Crippen LogP) is 3.33. The van der Waals surface area contributed by atoms with E-state index in [1.807, 2.05) is 19.9 Å². The summed E-state index contributed by atoms with van der Waals surface area (Å²) in [7, 11) is 0. The van der Waals surface area contributed by atoms with E-state index in [0.717, 1.165) is 17.6 Å². The molecule has 0 aliphatic heterocycles. The first-order valence-corrected chi connectivity index (χ1v) is 7.09. The fourth-order valence-corrected chi connectivity index (χ4v) is 2.08. The van der Waals surface area contributed by atoms with Crippen molar-refractivity contribution in [3.8, 4) is 0 Å². The van der Waals surface area contributed by atoms with Crippen molar-refractivity contribution < 1.29 is 4.39 Å². The van der Waals surface area contributed by atoms with Gasteiger partial charge in [0, 0.05) is 29.0 Å². The second-order valence-corrected chi connectivity index (χ2v) is 5.75. The zero-order valence-corrected chi connectivity index (χ0v) is 13.0. The molecule has 0 bridgehead atoms. The van der Waals surface area contributed by atoms with Crippen molar-refractivity contribution in [1.82, 2.24) is 4.90 Å². The van der Waals surface area contributed by atoms with Crippen molar-refractivity contribution >= 4 is 33.1 Å². The van der Waals surface area contributed by atoms with Crippen LogP contribution < -0.4 is 5.73 Å². The lowest BCUT2D eigenvalue weighted by atomic mass is 10.1. The Hall–Kier alpha value is -0.520. The summed E-state index contributed by atoms with van der Waals surface area (Å²) < 4.78 is 14.5. The monoisotopic (exact) mass is 332 g/mol. The van der Waals surface area contributed by atoms with Gasteiger partial charge in [-0.25, -0.2) is 4.39 Å².